The average molecular weight is 382 g/mol. The van der Waals surface area contributed by atoms with Gasteiger partial charge in [0.2, 0.25) is 11.8 Å². The molecule has 0 unspecified atom stereocenters. The van der Waals surface area contributed by atoms with Gasteiger partial charge in [0.05, 0.1) is 19.6 Å². The molecule has 0 spiro atoms. The van der Waals surface area contributed by atoms with E-state index in [1.165, 1.54) is 0 Å². The zero-order valence-corrected chi connectivity index (χ0v) is 16.3. The third-order valence-corrected chi connectivity index (χ3v) is 4.76. The van der Waals surface area contributed by atoms with E-state index in [9.17, 15) is 9.59 Å². The Bertz CT molecular complexity index is 820. The zero-order valence-electron chi connectivity index (χ0n) is 16.3. The summed E-state index contributed by atoms with van der Waals surface area (Å²) in [6, 6.07) is 15.0. The molecular weight excluding hydrogens is 356 g/mol. The van der Waals surface area contributed by atoms with Crippen molar-refractivity contribution in [2.75, 3.05) is 25.2 Å². The summed E-state index contributed by atoms with van der Waals surface area (Å²) in [5.41, 5.74) is 1.69. The highest BCUT2D eigenvalue weighted by molar-refractivity contribution is 6.00. The number of carbonyl (C=O) groups excluding carboxylic acids is 2. The number of nitrogens with zero attached hydrogens (tertiary/aromatic N) is 1. The Labute approximate surface area is 165 Å². The van der Waals surface area contributed by atoms with Crippen molar-refractivity contribution in [1.29, 1.82) is 0 Å². The number of hydrogen-bond donors (Lipinski definition) is 1. The van der Waals surface area contributed by atoms with Gasteiger partial charge in [-0.3, -0.25) is 9.59 Å². The van der Waals surface area contributed by atoms with Crippen LogP contribution < -0.4 is 19.7 Å². The Kier molecular flexibility index (Phi) is 6.53. The van der Waals surface area contributed by atoms with Crippen LogP contribution in [0, 0.1) is 5.92 Å². The first kappa shape index (κ1) is 19.7. The lowest BCUT2D eigenvalue weighted by molar-refractivity contribution is -0.126. The van der Waals surface area contributed by atoms with Gasteiger partial charge in [-0.25, -0.2) is 0 Å². The molecular formula is C22H26N2O4. The SMILES string of the molecule is CCCOc1ccc(N2C[C@@H](C(=O)NCc3ccccc3OC)CC2=O)cc1. The summed E-state index contributed by atoms with van der Waals surface area (Å²) in [6.45, 7) is 3.47. The highest BCUT2D eigenvalue weighted by Gasteiger charge is 2.35. The molecule has 1 N–H and O–H groups in total. The van der Waals surface area contributed by atoms with Gasteiger partial charge in [0.25, 0.3) is 0 Å². The summed E-state index contributed by atoms with van der Waals surface area (Å²) in [6.07, 6.45) is 1.16. The van der Waals surface area contributed by atoms with Crippen LogP contribution in [0.1, 0.15) is 25.3 Å². The van der Waals surface area contributed by atoms with Gasteiger partial charge in [0.1, 0.15) is 11.5 Å². The summed E-state index contributed by atoms with van der Waals surface area (Å²) in [4.78, 5) is 26.6. The maximum Gasteiger partial charge on any atom is 0.227 e. The maximum absolute atomic E-state index is 12.6. The van der Waals surface area contributed by atoms with Crippen LogP contribution in [0.15, 0.2) is 48.5 Å². The number of benzene rings is 2. The normalized spacial score (nSPS) is 16.1. The molecule has 1 fully saturated rings. The van der Waals surface area contributed by atoms with Gasteiger partial charge in [-0.1, -0.05) is 25.1 Å². The van der Waals surface area contributed by atoms with Gasteiger partial charge in [-0.05, 0) is 36.8 Å². The minimum Gasteiger partial charge on any atom is -0.496 e. The Morgan fingerprint density at radius 1 is 1.18 bits per heavy atom. The molecule has 1 aliphatic heterocycles. The average Bonchev–Trinajstić information content (AvgIpc) is 3.12. The Morgan fingerprint density at radius 2 is 1.93 bits per heavy atom. The fourth-order valence-electron chi connectivity index (χ4n) is 3.25. The Morgan fingerprint density at radius 3 is 2.64 bits per heavy atom. The molecule has 1 saturated heterocycles. The molecule has 0 bridgehead atoms. The lowest BCUT2D eigenvalue weighted by Crippen LogP contribution is -2.32. The first-order valence-corrected chi connectivity index (χ1v) is 9.55. The molecule has 2 amide bonds. The van der Waals surface area contributed by atoms with Gasteiger partial charge in [0.15, 0.2) is 0 Å². The van der Waals surface area contributed by atoms with Crippen molar-refractivity contribution in [3.05, 3.63) is 54.1 Å². The molecule has 1 heterocycles. The summed E-state index contributed by atoms with van der Waals surface area (Å²) >= 11 is 0. The molecule has 2 aromatic rings. The van der Waals surface area contributed by atoms with Crippen LogP contribution >= 0.6 is 0 Å². The van der Waals surface area contributed by atoms with Crippen molar-refractivity contribution in [2.45, 2.75) is 26.3 Å². The number of anilines is 1. The summed E-state index contributed by atoms with van der Waals surface area (Å²) in [5, 5.41) is 2.92. The molecule has 3 rings (SSSR count). The second-order valence-corrected chi connectivity index (χ2v) is 6.78. The van der Waals surface area contributed by atoms with Crippen LogP contribution in [-0.2, 0) is 16.1 Å². The van der Waals surface area contributed by atoms with Gasteiger partial charge >= 0.3 is 0 Å². The molecule has 0 saturated carbocycles. The van der Waals surface area contributed by atoms with Crippen molar-refractivity contribution in [3.63, 3.8) is 0 Å². The third-order valence-electron chi connectivity index (χ3n) is 4.76. The molecule has 28 heavy (non-hydrogen) atoms. The number of amides is 2. The van der Waals surface area contributed by atoms with E-state index in [2.05, 4.69) is 12.2 Å². The summed E-state index contributed by atoms with van der Waals surface area (Å²) < 4.78 is 10.9. The lowest BCUT2D eigenvalue weighted by atomic mass is 10.1. The molecule has 2 aromatic carbocycles. The smallest absolute Gasteiger partial charge is 0.227 e. The number of nitrogens with one attached hydrogen (secondary N) is 1. The Hall–Kier alpha value is -3.02. The van der Waals surface area contributed by atoms with Crippen molar-refractivity contribution < 1.29 is 19.1 Å². The van der Waals surface area contributed by atoms with E-state index >= 15 is 0 Å². The predicted octanol–water partition coefficient (Wildman–Crippen LogP) is 3.15. The topological polar surface area (TPSA) is 67.9 Å². The number of ether oxygens (including phenoxy) is 2. The number of para-hydroxylation sites is 1. The minimum absolute atomic E-state index is 0.0420. The van der Waals surface area contributed by atoms with Crippen molar-refractivity contribution >= 4 is 17.5 Å². The van der Waals surface area contributed by atoms with Crippen LogP contribution in [0.2, 0.25) is 0 Å². The number of rotatable bonds is 8. The molecule has 1 aliphatic rings. The third kappa shape index (κ3) is 4.63. The molecule has 148 valence electrons. The van der Waals surface area contributed by atoms with Crippen LogP contribution in [0.25, 0.3) is 0 Å². The number of carbonyl (C=O) groups is 2. The minimum atomic E-state index is -0.363. The zero-order chi connectivity index (χ0) is 19.9. The van der Waals surface area contributed by atoms with Gasteiger partial charge < -0.3 is 19.7 Å². The van der Waals surface area contributed by atoms with Crippen LogP contribution in [0.4, 0.5) is 5.69 Å². The highest BCUT2D eigenvalue weighted by atomic mass is 16.5. The van der Waals surface area contributed by atoms with E-state index in [1.807, 2.05) is 48.5 Å². The molecule has 0 aromatic heterocycles. The van der Waals surface area contributed by atoms with Gasteiger partial charge in [-0.15, -0.1) is 0 Å². The van der Waals surface area contributed by atoms with E-state index in [1.54, 1.807) is 12.0 Å². The summed E-state index contributed by atoms with van der Waals surface area (Å²) in [7, 11) is 1.60. The van der Waals surface area contributed by atoms with Crippen molar-refractivity contribution in [1.82, 2.24) is 5.32 Å². The van der Waals surface area contributed by atoms with Crippen LogP contribution in [0.3, 0.4) is 0 Å². The molecule has 0 aliphatic carbocycles. The summed E-state index contributed by atoms with van der Waals surface area (Å²) in [5.74, 6) is 0.989. The first-order valence-electron chi connectivity index (χ1n) is 9.55. The standard InChI is InChI=1S/C22H26N2O4/c1-3-12-28-19-10-8-18(9-11-19)24-15-17(13-21(24)25)22(26)23-14-16-6-4-5-7-20(16)27-2/h4-11,17H,3,12-15H2,1-2H3,(H,23,26)/t17-/m0/s1. The number of hydrogen-bond acceptors (Lipinski definition) is 4. The van der Waals surface area contributed by atoms with Crippen LogP contribution in [-0.4, -0.2) is 32.1 Å². The second kappa shape index (κ2) is 9.26. The Balaban J connectivity index is 1.58. The van der Waals surface area contributed by atoms with E-state index in [0.717, 1.165) is 29.2 Å². The second-order valence-electron chi connectivity index (χ2n) is 6.78. The molecule has 0 radical (unpaired) electrons. The highest BCUT2D eigenvalue weighted by Crippen LogP contribution is 2.27. The number of methoxy groups -OCH3 is 1. The maximum atomic E-state index is 12.6. The molecule has 6 nitrogen and oxygen atoms in total. The lowest BCUT2D eigenvalue weighted by Gasteiger charge is -2.17. The van der Waals surface area contributed by atoms with E-state index in [0.29, 0.717) is 19.7 Å². The fourth-order valence-corrected chi connectivity index (χ4v) is 3.25. The van der Waals surface area contributed by atoms with E-state index in [-0.39, 0.29) is 24.2 Å². The van der Waals surface area contributed by atoms with E-state index < -0.39 is 0 Å². The fraction of sp³-hybridized carbons (Fsp3) is 0.364. The van der Waals surface area contributed by atoms with Crippen LogP contribution in [0.5, 0.6) is 11.5 Å². The van der Waals surface area contributed by atoms with Gasteiger partial charge in [0, 0.05) is 30.8 Å². The van der Waals surface area contributed by atoms with Crippen molar-refractivity contribution in [3.8, 4) is 11.5 Å². The monoisotopic (exact) mass is 382 g/mol. The molecule has 6 heteroatoms. The predicted molar refractivity (Wildman–Crippen MR) is 108 cm³/mol. The van der Waals surface area contributed by atoms with E-state index in [4.69, 9.17) is 9.47 Å². The first-order chi connectivity index (χ1) is 13.6. The van der Waals surface area contributed by atoms with Crippen molar-refractivity contribution in [2.24, 2.45) is 5.92 Å². The quantitative estimate of drug-likeness (QED) is 0.762. The van der Waals surface area contributed by atoms with Gasteiger partial charge in [-0.2, -0.15) is 0 Å². The molecule has 1 atom stereocenters. The largest absolute Gasteiger partial charge is 0.496 e.